The number of benzene rings is 1. The van der Waals surface area contributed by atoms with Crippen molar-refractivity contribution in [2.24, 2.45) is 0 Å². The van der Waals surface area contributed by atoms with Crippen molar-refractivity contribution in [3.63, 3.8) is 0 Å². The number of carbonyl (C=O) groups excluding carboxylic acids is 1. The van der Waals surface area contributed by atoms with Crippen molar-refractivity contribution >= 4 is 17.5 Å². The Morgan fingerprint density at radius 3 is 3.09 bits per heavy atom. The zero-order chi connectivity index (χ0) is 16.2. The summed E-state index contributed by atoms with van der Waals surface area (Å²) in [5, 5.41) is 4.16. The second-order valence-electron chi connectivity index (χ2n) is 6.00. The van der Waals surface area contributed by atoms with Gasteiger partial charge in [0.15, 0.2) is 0 Å². The largest absolute Gasteiger partial charge is 0.345 e. The molecule has 1 aliphatic heterocycles. The van der Waals surface area contributed by atoms with Crippen LogP contribution in [0.4, 0.5) is 0 Å². The molecule has 3 rings (SSSR count). The minimum atomic E-state index is 0.200. The Labute approximate surface area is 141 Å². The molecule has 2 heterocycles. The Morgan fingerprint density at radius 2 is 2.35 bits per heavy atom. The average molecular weight is 333 g/mol. The molecule has 0 aliphatic carbocycles. The summed E-state index contributed by atoms with van der Waals surface area (Å²) in [5.74, 6) is 1.12. The predicted octanol–water partition coefficient (Wildman–Crippen LogP) is 2.30. The summed E-state index contributed by atoms with van der Waals surface area (Å²) in [7, 11) is 0. The maximum Gasteiger partial charge on any atom is 0.224 e. The first-order chi connectivity index (χ1) is 11.1. The summed E-state index contributed by atoms with van der Waals surface area (Å²) < 4.78 is 0. The van der Waals surface area contributed by atoms with Crippen molar-refractivity contribution in [2.75, 3.05) is 13.1 Å². The molecule has 5 nitrogen and oxygen atoms in total. The third kappa shape index (κ3) is 4.33. The molecule has 0 saturated carbocycles. The first-order valence-electron chi connectivity index (χ1n) is 7.86. The van der Waals surface area contributed by atoms with E-state index in [2.05, 4.69) is 15.3 Å². The van der Waals surface area contributed by atoms with Gasteiger partial charge in [0.1, 0.15) is 5.82 Å². The second kappa shape index (κ2) is 7.15. The number of aryl methyl sites for hydroxylation is 1. The lowest BCUT2D eigenvalue weighted by Gasteiger charge is -2.17. The van der Waals surface area contributed by atoms with Gasteiger partial charge in [-0.2, -0.15) is 0 Å². The first kappa shape index (κ1) is 16.0. The number of amides is 1. The number of hydrogen-bond acceptors (Lipinski definition) is 3. The first-order valence-corrected chi connectivity index (χ1v) is 8.24. The van der Waals surface area contributed by atoms with Gasteiger partial charge in [0, 0.05) is 49.0 Å². The molecule has 6 heteroatoms. The minimum Gasteiger partial charge on any atom is -0.345 e. The highest BCUT2D eigenvalue weighted by molar-refractivity contribution is 6.30. The van der Waals surface area contributed by atoms with Crippen LogP contribution in [0.2, 0.25) is 5.02 Å². The van der Waals surface area contributed by atoms with Crippen molar-refractivity contribution in [1.82, 2.24) is 20.2 Å². The zero-order valence-corrected chi connectivity index (χ0v) is 13.9. The van der Waals surface area contributed by atoms with Gasteiger partial charge >= 0.3 is 0 Å². The van der Waals surface area contributed by atoms with Crippen LogP contribution in [-0.2, 0) is 17.8 Å². The van der Waals surface area contributed by atoms with E-state index in [1.165, 1.54) is 0 Å². The van der Waals surface area contributed by atoms with E-state index in [1.54, 1.807) is 0 Å². The van der Waals surface area contributed by atoms with Gasteiger partial charge in [-0.3, -0.25) is 4.79 Å². The number of rotatable bonds is 6. The SMILES string of the molecule is Cc1ncc(CN[C@@H]2CC(=O)N(CCc3cccc(Cl)c3)C2)[nH]1. The molecule has 0 spiro atoms. The lowest BCUT2D eigenvalue weighted by Crippen LogP contribution is -2.33. The van der Waals surface area contributed by atoms with E-state index in [1.807, 2.05) is 42.3 Å². The van der Waals surface area contributed by atoms with Crippen molar-refractivity contribution in [2.45, 2.75) is 32.4 Å². The number of aromatic nitrogens is 2. The number of nitrogens with zero attached hydrogens (tertiary/aromatic N) is 2. The number of imidazole rings is 1. The van der Waals surface area contributed by atoms with E-state index in [0.717, 1.165) is 41.6 Å². The van der Waals surface area contributed by atoms with E-state index in [9.17, 15) is 4.79 Å². The Kier molecular flexibility index (Phi) is 4.98. The van der Waals surface area contributed by atoms with Crippen LogP contribution >= 0.6 is 11.6 Å². The van der Waals surface area contributed by atoms with Gasteiger partial charge in [0.05, 0.1) is 0 Å². The molecule has 1 fully saturated rings. The van der Waals surface area contributed by atoms with E-state index in [4.69, 9.17) is 11.6 Å². The van der Waals surface area contributed by atoms with Crippen LogP contribution in [0, 0.1) is 6.92 Å². The number of aromatic amines is 1. The number of nitrogens with one attached hydrogen (secondary N) is 2. The minimum absolute atomic E-state index is 0.200. The average Bonchev–Trinajstić information content (AvgIpc) is 3.09. The molecule has 23 heavy (non-hydrogen) atoms. The van der Waals surface area contributed by atoms with Gasteiger partial charge in [0.2, 0.25) is 5.91 Å². The van der Waals surface area contributed by atoms with Gasteiger partial charge in [-0.25, -0.2) is 4.98 Å². The maximum absolute atomic E-state index is 12.1. The summed E-state index contributed by atoms with van der Waals surface area (Å²) in [4.78, 5) is 21.4. The van der Waals surface area contributed by atoms with Crippen LogP contribution in [0.1, 0.15) is 23.5 Å². The van der Waals surface area contributed by atoms with Gasteiger partial charge in [-0.05, 0) is 31.0 Å². The van der Waals surface area contributed by atoms with Crippen LogP contribution in [-0.4, -0.2) is 39.9 Å². The van der Waals surface area contributed by atoms with Crippen LogP contribution in [0.3, 0.4) is 0 Å². The quantitative estimate of drug-likeness (QED) is 0.853. The van der Waals surface area contributed by atoms with Crippen LogP contribution in [0.5, 0.6) is 0 Å². The van der Waals surface area contributed by atoms with Crippen LogP contribution < -0.4 is 5.32 Å². The molecule has 1 aromatic carbocycles. The van der Waals surface area contributed by atoms with Crippen molar-refractivity contribution < 1.29 is 4.79 Å². The number of likely N-dealkylation sites (tertiary alicyclic amines) is 1. The Morgan fingerprint density at radius 1 is 1.48 bits per heavy atom. The zero-order valence-electron chi connectivity index (χ0n) is 13.2. The fourth-order valence-electron chi connectivity index (χ4n) is 2.90. The normalized spacial score (nSPS) is 17.9. The van der Waals surface area contributed by atoms with Gasteiger partial charge in [-0.15, -0.1) is 0 Å². The summed E-state index contributed by atoms with van der Waals surface area (Å²) in [6.45, 7) is 4.13. The van der Waals surface area contributed by atoms with Gasteiger partial charge in [0.25, 0.3) is 0 Å². The lowest BCUT2D eigenvalue weighted by molar-refractivity contribution is -0.127. The highest BCUT2D eigenvalue weighted by Gasteiger charge is 2.28. The third-order valence-electron chi connectivity index (χ3n) is 4.11. The van der Waals surface area contributed by atoms with E-state index >= 15 is 0 Å². The summed E-state index contributed by atoms with van der Waals surface area (Å²) in [5.41, 5.74) is 2.21. The molecule has 2 aromatic rings. The molecule has 1 aromatic heterocycles. The Balaban J connectivity index is 1.47. The molecule has 0 radical (unpaired) electrons. The van der Waals surface area contributed by atoms with Crippen LogP contribution in [0.15, 0.2) is 30.5 Å². The number of carbonyl (C=O) groups is 1. The topological polar surface area (TPSA) is 61.0 Å². The van der Waals surface area contributed by atoms with Gasteiger partial charge < -0.3 is 15.2 Å². The molecule has 2 N–H and O–H groups in total. The monoisotopic (exact) mass is 332 g/mol. The number of halogens is 1. The molecule has 1 amide bonds. The lowest BCUT2D eigenvalue weighted by atomic mass is 10.1. The van der Waals surface area contributed by atoms with E-state index in [0.29, 0.717) is 13.0 Å². The molecule has 0 unspecified atom stereocenters. The molecule has 122 valence electrons. The van der Waals surface area contributed by atoms with Crippen LogP contribution in [0.25, 0.3) is 0 Å². The summed E-state index contributed by atoms with van der Waals surface area (Å²) >= 11 is 5.99. The van der Waals surface area contributed by atoms with Crippen molar-refractivity contribution in [3.8, 4) is 0 Å². The number of H-pyrrole nitrogens is 1. The fourth-order valence-corrected chi connectivity index (χ4v) is 3.11. The highest BCUT2D eigenvalue weighted by Crippen LogP contribution is 2.15. The maximum atomic E-state index is 12.1. The Hall–Kier alpha value is -1.85. The summed E-state index contributed by atoms with van der Waals surface area (Å²) in [6.07, 6.45) is 3.22. The number of hydrogen-bond donors (Lipinski definition) is 2. The Bertz CT molecular complexity index is 685. The third-order valence-corrected chi connectivity index (χ3v) is 4.35. The molecule has 1 atom stereocenters. The summed E-state index contributed by atoms with van der Waals surface area (Å²) in [6, 6.07) is 8.01. The molecule has 1 aliphatic rings. The molecular formula is C17H21ClN4O. The molecule has 1 saturated heterocycles. The van der Waals surface area contributed by atoms with E-state index in [-0.39, 0.29) is 11.9 Å². The second-order valence-corrected chi connectivity index (χ2v) is 6.43. The van der Waals surface area contributed by atoms with Gasteiger partial charge in [-0.1, -0.05) is 23.7 Å². The van der Waals surface area contributed by atoms with Crippen molar-refractivity contribution in [3.05, 3.63) is 52.6 Å². The fraction of sp³-hybridized carbons (Fsp3) is 0.412. The molecular weight excluding hydrogens is 312 g/mol. The molecule has 0 bridgehead atoms. The highest BCUT2D eigenvalue weighted by atomic mass is 35.5. The smallest absolute Gasteiger partial charge is 0.224 e. The standard InChI is InChI=1S/C17H21ClN4O/c1-12-19-9-16(21-12)10-20-15-8-17(23)22(11-15)6-5-13-3-2-4-14(18)7-13/h2-4,7,9,15,20H,5-6,8,10-11H2,1H3,(H,19,21)/t15-/m1/s1. The van der Waals surface area contributed by atoms with Crippen molar-refractivity contribution in [1.29, 1.82) is 0 Å². The predicted molar refractivity (Wildman–Crippen MR) is 90.3 cm³/mol. The van der Waals surface area contributed by atoms with E-state index < -0.39 is 0 Å².